The SMILES string of the molecule is CCC(=O)N[C@](CCCCOC)(c1cccc(Cl)c1)[C@@H]1CCCN(C(=O)C[C@H](CNC)CC2CCCCC2)C1. The lowest BCUT2D eigenvalue weighted by Crippen LogP contribution is -2.56. The maximum atomic E-state index is 13.7. The third-order valence-electron chi connectivity index (χ3n) is 9.01. The van der Waals surface area contributed by atoms with Crippen LogP contribution in [0.5, 0.6) is 0 Å². The van der Waals surface area contributed by atoms with E-state index in [1.165, 1.54) is 32.1 Å². The predicted octanol–water partition coefficient (Wildman–Crippen LogP) is 6.31. The first kappa shape index (κ1) is 31.9. The molecule has 1 saturated heterocycles. The zero-order valence-corrected chi connectivity index (χ0v) is 25.4. The fraction of sp³-hybridized carbons (Fsp3) is 0.750. The molecule has 6 nitrogen and oxygen atoms in total. The number of rotatable bonds is 15. The average Bonchev–Trinajstić information content (AvgIpc) is 2.95. The van der Waals surface area contributed by atoms with Gasteiger partial charge in [-0.15, -0.1) is 0 Å². The molecule has 0 radical (unpaired) electrons. The monoisotopic (exact) mass is 561 g/mol. The molecule has 1 aromatic carbocycles. The summed E-state index contributed by atoms with van der Waals surface area (Å²) in [4.78, 5) is 28.8. The maximum absolute atomic E-state index is 13.7. The third kappa shape index (κ3) is 9.47. The number of ether oxygens (including phenoxy) is 1. The zero-order chi connectivity index (χ0) is 28.1. The Morgan fingerprint density at radius 3 is 2.64 bits per heavy atom. The zero-order valence-electron chi connectivity index (χ0n) is 24.6. The van der Waals surface area contributed by atoms with Crippen LogP contribution in [0.2, 0.25) is 5.02 Å². The number of likely N-dealkylation sites (tertiary alicyclic amines) is 1. The topological polar surface area (TPSA) is 70.7 Å². The summed E-state index contributed by atoms with van der Waals surface area (Å²) in [5.74, 6) is 1.54. The molecule has 2 amide bonds. The second-order valence-corrected chi connectivity index (χ2v) is 12.3. The van der Waals surface area contributed by atoms with Crippen molar-refractivity contribution >= 4 is 23.4 Å². The second-order valence-electron chi connectivity index (χ2n) is 11.9. The number of methoxy groups -OCH3 is 1. The van der Waals surface area contributed by atoms with Gasteiger partial charge in [0, 0.05) is 50.6 Å². The van der Waals surface area contributed by atoms with Crippen LogP contribution < -0.4 is 10.6 Å². The van der Waals surface area contributed by atoms with Crippen molar-refractivity contribution in [3.8, 4) is 0 Å². The number of hydrogen-bond donors (Lipinski definition) is 2. The van der Waals surface area contributed by atoms with Crippen LogP contribution >= 0.6 is 11.6 Å². The summed E-state index contributed by atoms with van der Waals surface area (Å²) in [6, 6.07) is 7.94. The van der Waals surface area contributed by atoms with Gasteiger partial charge in [-0.05, 0) is 81.6 Å². The summed E-state index contributed by atoms with van der Waals surface area (Å²) in [6.07, 6.45) is 13.3. The Balaban J connectivity index is 1.81. The number of unbranched alkanes of at least 4 members (excludes halogenated alkanes) is 1. The van der Waals surface area contributed by atoms with Gasteiger partial charge >= 0.3 is 0 Å². The fourth-order valence-corrected chi connectivity index (χ4v) is 7.17. The first-order chi connectivity index (χ1) is 18.9. The number of benzene rings is 1. The summed E-state index contributed by atoms with van der Waals surface area (Å²) >= 11 is 6.49. The van der Waals surface area contributed by atoms with Crippen LogP contribution in [0, 0.1) is 17.8 Å². The first-order valence-corrected chi connectivity index (χ1v) is 15.8. The molecule has 1 aliphatic carbocycles. The molecule has 1 aliphatic heterocycles. The highest BCUT2D eigenvalue weighted by Gasteiger charge is 2.44. The van der Waals surface area contributed by atoms with Gasteiger partial charge in [0.2, 0.25) is 11.8 Å². The van der Waals surface area contributed by atoms with E-state index in [1.807, 2.05) is 32.2 Å². The standard InChI is InChI=1S/C32H52ClN3O3/c1-4-30(37)35-32(17-8-9-19-39-3,27-14-10-16-29(33)22-27)28-15-11-18-36(24-28)31(38)21-26(23-34-2)20-25-12-6-5-7-13-25/h10,14,16,22,25-26,28,34H,4-9,11-13,15,17-21,23-24H2,1-3H3,(H,35,37)/t26-,28-,32-/m1/s1. The molecule has 1 heterocycles. The van der Waals surface area contributed by atoms with Crippen LogP contribution in [-0.4, -0.2) is 57.1 Å². The lowest BCUT2D eigenvalue weighted by molar-refractivity contribution is -0.135. The Kier molecular flexibility index (Phi) is 13.6. The molecule has 3 rings (SSSR count). The largest absolute Gasteiger partial charge is 0.385 e. The van der Waals surface area contributed by atoms with Crippen molar-refractivity contribution in [2.24, 2.45) is 17.8 Å². The Morgan fingerprint density at radius 2 is 1.95 bits per heavy atom. The molecule has 220 valence electrons. The molecule has 2 aliphatic rings. The summed E-state index contributed by atoms with van der Waals surface area (Å²) in [5.41, 5.74) is 0.468. The van der Waals surface area contributed by atoms with Crippen LogP contribution in [0.25, 0.3) is 0 Å². The van der Waals surface area contributed by atoms with Gasteiger partial charge in [0.15, 0.2) is 0 Å². The first-order valence-electron chi connectivity index (χ1n) is 15.4. The molecule has 2 N–H and O–H groups in total. The van der Waals surface area contributed by atoms with Crippen molar-refractivity contribution in [3.63, 3.8) is 0 Å². The van der Waals surface area contributed by atoms with Gasteiger partial charge < -0.3 is 20.3 Å². The minimum atomic E-state index is -0.572. The lowest BCUT2D eigenvalue weighted by atomic mass is 9.71. The Bertz CT molecular complexity index is 891. The smallest absolute Gasteiger partial charge is 0.222 e. The van der Waals surface area contributed by atoms with Crippen molar-refractivity contribution in [2.75, 3.05) is 40.4 Å². The lowest BCUT2D eigenvalue weighted by Gasteiger charge is -2.47. The highest BCUT2D eigenvalue weighted by Crippen LogP contribution is 2.41. The number of piperidine rings is 1. The van der Waals surface area contributed by atoms with Crippen molar-refractivity contribution in [1.82, 2.24) is 15.5 Å². The molecule has 0 aromatic heterocycles. The molecule has 0 unspecified atom stereocenters. The number of halogens is 1. The molecule has 7 heteroatoms. The van der Waals surface area contributed by atoms with E-state index in [2.05, 4.69) is 21.6 Å². The van der Waals surface area contributed by atoms with E-state index in [1.54, 1.807) is 7.11 Å². The fourth-order valence-electron chi connectivity index (χ4n) is 6.98. The number of hydrogen-bond acceptors (Lipinski definition) is 4. The quantitative estimate of drug-likeness (QED) is 0.246. The normalized spacial score (nSPS) is 20.8. The average molecular weight is 562 g/mol. The van der Waals surface area contributed by atoms with Crippen LogP contribution in [0.1, 0.15) is 96.0 Å². The Labute approximate surface area is 242 Å². The number of carbonyl (C=O) groups is 2. The summed E-state index contributed by atoms with van der Waals surface area (Å²) < 4.78 is 5.32. The van der Waals surface area contributed by atoms with E-state index in [0.717, 1.165) is 63.1 Å². The van der Waals surface area contributed by atoms with Crippen molar-refractivity contribution in [2.45, 2.75) is 95.9 Å². The van der Waals surface area contributed by atoms with Gasteiger partial charge in [0.1, 0.15) is 0 Å². The van der Waals surface area contributed by atoms with E-state index in [9.17, 15) is 9.59 Å². The number of carbonyl (C=O) groups excluding carboxylic acids is 2. The van der Waals surface area contributed by atoms with Gasteiger partial charge in [-0.2, -0.15) is 0 Å². The highest BCUT2D eigenvalue weighted by atomic mass is 35.5. The molecule has 1 saturated carbocycles. The van der Waals surface area contributed by atoms with Gasteiger partial charge in [-0.25, -0.2) is 0 Å². The minimum Gasteiger partial charge on any atom is -0.385 e. The highest BCUT2D eigenvalue weighted by molar-refractivity contribution is 6.30. The third-order valence-corrected chi connectivity index (χ3v) is 9.25. The van der Waals surface area contributed by atoms with E-state index in [0.29, 0.717) is 36.9 Å². The van der Waals surface area contributed by atoms with Crippen LogP contribution in [-0.2, 0) is 19.9 Å². The Hall–Kier alpha value is -1.63. The summed E-state index contributed by atoms with van der Waals surface area (Å²) in [6.45, 7) is 4.93. The molecule has 0 bridgehead atoms. The van der Waals surface area contributed by atoms with Crippen molar-refractivity contribution in [1.29, 1.82) is 0 Å². The van der Waals surface area contributed by atoms with Gasteiger partial charge in [0.25, 0.3) is 0 Å². The van der Waals surface area contributed by atoms with E-state index >= 15 is 0 Å². The molecular weight excluding hydrogens is 510 g/mol. The van der Waals surface area contributed by atoms with Crippen LogP contribution in [0.15, 0.2) is 24.3 Å². The molecule has 1 aromatic rings. The second kappa shape index (κ2) is 16.6. The van der Waals surface area contributed by atoms with Crippen LogP contribution in [0.4, 0.5) is 0 Å². The van der Waals surface area contributed by atoms with Crippen molar-refractivity contribution in [3.05, 3.63) is 34.9 Å². The molecule has 3 atom stereocenters. The summed E-state index contributed by atoms with van der Waals surface area (Å²) in [7, 11) is 3.72. The molecule has 0 spiro atoms. The van der Waals surface area contributed by atoms with E-state index in [4.69, 9.17) is 16.3 Å². The minimum absolute atomic E-state index is 0.0340. The molecule has 2 fully saturated rings. The predicted molar refractivity (Wildman–Crippen MR) is 160 cm³/mol. The van der Waals surface area contributed by atoms with Gasteiger partial charge in [-0.3, -0.25) is 9.59 Å². The van der Waals surface area contributed by atoms with E-state index < -0.39 is 5.54 Å². The molecule has 39 heavy (non-hydrogen) atoms. The Morgan fingerprint density at radius 1 is 1.15 bits per heavy atom. The summed E-state index contributed by atoms with van der Waals surface area (Å²) in [5, 5.41) is 7.47. The van der Waals surface area contributed by atoms with Gasteiger partial charge in [0.05, 0.1) is 5.54 Å². The van der Waals surface area contributed by atoms with E-state index in [-0.39, 0.29) is 17.7 Å². The molecular formula is C32H52ClN3O3. The van der Waals surface area contributed by atoms with Crippen molar-refractivity contribution < 1.29 is 14.3 Å². The number of amides is 2. The maximum Gasteiger partial charge on any atom is 0.222 e. The number of nitrogens with zero attached hydrogens (tertiary/aromatic N) is 1. The van der Waals surface area contributed by atoms with Crippen LogP contribution in [0.3, 0.4) is 0 Å². The number of nitrogens with one attached hydrogen (secondary N) is 2. The van der Waals surface area contributed by atoms with Gasteiger partial charge in [-0.1, -0.05) is 62.8 Å².